The SMILES string of the molecule is CNc1ccc(-n2ccn(C(=Nc3cc(C)c(F)c(C)c3)C3=C(N)CC4CCC3N4C(=O)c3cc4cc(C5CCOC(C)(C)C5)ccc4[nH]3)c2=O)c(F)c1C=N. The second-order valence-corrected chi connectivity index (χ2v) is 15.8. The smallest absolute Gasteiger partial charge is 0.338 e. The number of carbonyl (C=O) groups is 1. The van der Waals surface area contributed by atoms with Crippen molar-refractivity contribution in [3.8, 4) is 5.69 Å². The van der Waals surface area contributed by atoms with Crippen LogP contribution in [0.25, 0.3) is 16.6 Å². The zero-order valence-corrected chi connectivity index (χ0v) is 32.2. The number of aryl methyl sites for hydroxylation is 2. The predicted octanol–water partition coefficient (Wildman–Crippen LogP) is 7.60. The number of aromatic amines is 1. The maximum atomic E-state index is 15.8. The van der Waals surface area contributed by atoms with Crippen LogP contribution < -0.4 is 16.7 Å². The molecule has 1 amide bonds. The van der Waals surface area contributed by atoms with Gasteiger partial charge in [0.2, 0.25) is 0 Å². The van der Waals surface area contributed by atoms with E-state index < -0.39 is 17.5 Å². The molecule has 3 unspecified atom stereocenters. The number of nitrogens with two attached hydrogens (primary N) is 1. The highest BCUT2D eigenvalue weighted by Crippen LogP contribution is 2.41. The molecule has 3 aliphatic rings. The maximum absolute atomic E-state index is 15.8. The summed E-state index contributed by atoms with van der Waals surface area (Å²) < 4.78 is 39.0. The largest absolute Gasteiger partial charge is 0.402 e. The Morgan fingerprint density at radius 3 is 2.54 bits per heavy atom. The van der Waals surface area contributed by atoms with Gasteiger partial charge in [-0.05, 0) is 118 Å². The predicted molar refractivity (Wildman–Crippen MR) is 215 cm³/mol. The summed E-state index contributed by atoms with van der Waals surface area (Å²) >= 11 is 0. The molecular formula is C43H46F2N8O3. The summed E-state index contributed by atoms with van der Waals surface area (Å²) in [5.41, 5.74) is 11.1. The van der Waals surface area contributed by atoms with Gasteiger partial charge in [-0.2, -0.15) is 0 Å². The van der Waals surface area contributed by atoms with E-state index in [1.54, 1.807) is 39.1 Å². The number of imidazole rings is 1. The molecule has 5 N–H and O–H groups in total. The standard InChI is InChI=1S/C43H46F2N8O3/c1-23-16-28(17-24(2)38(23)44)49-40(52-14-13-51(42(52)55)36-11-9-33(48-5)30(22-46)39(36)45)37-31(47)20-29-7-10-35(37)53(29)41(54)34-19-27-18-25(6-8-32(27)50-34)26-12-15-56-43(3,4)21-26/h6,8-9,11,13-14,16-19,22,26,29,35,46,48,50H,7,10,12,15,20-21,47H2,1-5H3. The molecule has 0 spiro atoms. The Balaban J connectivity index is 1.20. The molecule has 0 aliphatic carbocycles. The van der Waals surface area contributed by atoms with Crippen molar-refractivity contribution in [3.63, 3.8) is 0 Å². The van der Waals surface area contributed by atoms with Gasteiger partial charge in [-0.3, -0.25) is 13.9 Å². The van der Waals surface area contributed by atoms with Gasteiger partial charge in [0.05, 0.1) is 28.6 Å². The summed E-state index contributed by atoms with van der Waals surface area (Å²) in [6.45, 7) is 8.23. The van der Waals surface area contributed by atoms with E-state index in [0.29, 0.717) is 71.3 Å². The van der Waals surface area contributed by atoms with E-state index in [4.69, 9.17) is 20.9 Å². The summed E-state index contributed by atoms with van der Waals surface area (Å²) in [6, 6.07) is 13.8. The fourth-order valence-electron chi connectivity index (χ4n) is 8.92. The minimum absolute atomic E-state index is 0.00178. The fraction of sp³-hybridized carbons (Fsp3) is 0.349. The number of hydrogen-bond donors (Lipinski definition) is 4. The molecule has 5 heterocycles. The lowest BCUT2D eigenvalue weighted by Crippen LogP contribution is -2.49. The second-order valence-electron chi connectivity index (χ2n) is 15.8. The molecule has 0 radical (unpaired) electrons. The lowest BCUT2D eigenvalue weighted by Gasteiger charge is -2.37. The Labute approximate surface area is 323 Å². The quantitative estimate of drug-likeness (QED) is 0.0998. The van der Waals surface area contributed by atoms with E-state index in [1.165, 1.54) is 28.6 Å². The molecule has 11 nitrogen and oxygen atoms in total. The third-order valence-electron chi connectivity index (χ3n) is 11.7. The molecule has 3 aliphatic heterocycles. The van der Waals surface area contributed by atoms with E-state index in [2.05, 4.69) is 36.3 Å². The van der Waals surface area contributed by atoms with Crippen molar-refractivity contribution in [2.75, 3.05) is 19.0 Å². The maximum Gasteiger partial charge on any atom is 0.338 e. The van der Waals surface area contributed by atoms with Crippen LogP contribution in [0.5, 0.6) is 0 Å². The van der Waals surface area contributed by atoms with Crippen LogP contribution in [0.2, 0.25) is 0 Å². The van der Waals surface area contributed by atoms with Crippen molar-refractivity contribution >= 4 is 40.2 Å². The number of amides is 1. The number of aliphatic imine (C=N–C) groups is 1. The molecule has 2 saturated heterocycles. The van der Waals surface area contributed by atoms with Crippen LogP contribution >= 0.6 is 0 Å². The highest BCUT2D eigenvalue weighted by atomic mass is 19.1. The Morgan fingerprint density at radius 2 is 1.82 bits per heavy atom. The number of rotatable bonds is 7. The molecule has 2 aromatic heterocycles. The molecule has 3 aromatic carbocycles. The van der Waals surface area contributed by atoms with E-state index >= 15 is 4.39 Å². The van der Waals surface area contributed by atoms with Gasteiger partial charge in [0.15, 0.2) is 5.82 Å². The van der Waals surface area contributed by atoms with Crippen LogP contribution in [0, 0.1) is 30.9 Å². The van der Waals surface area contributed by atoms with Gasteiger partial charge >= 0.3 is 5.69 Å². The average molecular weight is 761 g/mol. The van der Waals surface area contributed by atoms with Gasteiger partial charge < -0.3 is 31.1 Å². The van der Waals surface area contributed by atoms with Crippen molar-refractivity contribution in [3.05, 3.63) is 122 Å². The first-order valence-electron chi connectivity index (χ1n) is 19.0. The minimum Gasteiger partial charge on any atom is -0.402 e. The number of carbonyl (C=O) groups excluding carboxylic acids is 1. The number of nitrogens with one attached hydrogen (secondary N) is 3. The Hall–Kier alpha value is -5.82. The van der Waals surface area contributed by atoms with Crippen molar-refractivity contribution in [2.24, 2.45) is 10.7 Å². The van der Waals surface area contributed by atoms with Crippen molar-refractivity contribution in [1.82, 2.24) is 19.0 Å². The van der Waals surface area contributed by atoms with E-state index in [1.807, 2.05) is 17.0 Å². The molecule has 290 valence electrons. The number of ether oxygens (including phenoxy) is 1. The normalized spacial score (nSPS) is 20.9. The highest BCUT2D eigenvalue weighted by molar-refractivity contribution is 6.05. The Bertz CT molecular complexity index is 2520. The van der Waals surface area contributed by atoms with Crippen LogP contribution in [-0.2, 0) is 4.74 Å². The highest BCUT2D eigenvalue weighted by Gasteiger charge is 2.46. The van der Waals surface area contributed by atoms with Gasteiger partial charge in [0.25, 0.3) is 5.91 Å². The molecule has 56 heavy (non-hydrogen) atoms. The Kier molecular flexibility index (Phi) is 9.31. The van der Waals surface area contributed by atoms with Gasteiger partial charge in [-0.1, -0.05) is 6.07 Å². The number of nitrogens with zero attached hydrogens (tertiary/aromatic N) is 4. The monoisotopic (exact) mass is 760 g/mol. The number of halogens is 2. The van der Waals surface area contributed by atoms with Crippen molar-refractivity contribution in [2.45, 2.75) is 83.4 Å². The lowest BCUT2D eigenvalue weighted by atomic mass is 9.83. The summed E-state index contributed by atoms with van der Waals surface area (Å²) in [5, 5.41) is 11.6. The third kappa shape index (κ3) is 6.33. The van der Waals surface area contributed by atoms with Crippen LogP contribution in [-0.4, -0.2) is 68.3 Å². The summed E-state index contributed by atoms with van der Waals surface area (Å²) in [7, 11) is 1.62. The van der Waals surface area contributed by atoms with Gasteiger partial charge in [0, 0.05) is 72.6 Å². The van der Waals surface area contributed by atoms with Crippen LogP contribution in [0.15, 0.2) is 82.0 Å². The lowest BCUT2D eigenvalue weighted by molar-refractivity contribution is -0.0592. The first-order chi connectivity index (χ1) is 26.8. The first-order valence-corrected chi connectivity index (χ1v) is 19.0. The van der Waals surface area contributed by atoms with E-state index in [9.17, 15) is 14.0 Å². The van der Waals surface area contributed by atoms with Crippen LogP contribution in [0.3, 0.4) is 0 Å². The zero-order chi connectivity index (χ0) is 39.6. The number of fused-ring (bicyclic) bond motifs is 3. The van der Waals surface area contributed by atoms with Crippen molar-refractivity contribution < 1.29 is 18.3 Å². The van der Waals surface area contributed by atoms with E-state index in [0.717, 1.165) is 34.5 Å². The molecule has 2 bridgehead atoms. The van der Waals surface area contributed by atoms with Gasteiger partial charge in [-0.25, -0.2) is 18.6 Å². The fourth-order valence-corrected chi connectivity index (χ4v) is 8.92. The minimum atomic E-state index is -0.746. The molecule has 0 saturated carbocycles. The first kappa shape index (κ1) is 37.1. The Morgan fingerprint density at radius 1 is 1.05 bits per heavy atom. The molecule has 5 aromatic rings. The summed E-state index contributed by atoms with van der Waals surface area (Å²) in [4.78, 5) is 39.1. The molecule has 2 fully saturated rings. The number of anilines is 1. The number of aromatic nitrogens is 3. The number of H-pyrrole nitrogens is 1. The summed E-state index contributed by atoms with van der Waals surface area (Å²) in [5.74, 6) is -0.761. The zero-order valence-electron chi connectivity index (χ0n) is 32.2. The van der Waals surface area contributed by atoms with Crippen LogP contribution in [0.1, 0.15) is 84.6 Å². The topological polar surface area (TPSA) is 147 Å². The average Bonchev–Trinajstić information content (AvgIpc) is 3.86. The second kappa shape index (κ2) is 14.0. The third-order valence-corrected chi connectivity index (χ3v) is 11.7. The van der Waals surface area contributed by atoms with Gasteiger partial charge in [0.1, 0.15) is 17.3 Å². The van der Waals surface area contributed by atoms with Crippen LogP contribution in [0.4, 0.5) is 20.2 Å². The molecular weight excluding hydrogens is 715 g/mol. The van der Waals surface area contributed by atoms with E-state index in [-0.39, 0.29) is 40.5 Å². The molecule has 13 heteroatoms. The van der Waals surface area contributed by atoms with Gasteiger partial charge in [-0.15, -0.1) is 0 Å². The molecule has 8 rings (SSSR count). The van der Waals surface area contributed by atoms with Crippen molar-refractivity contribution in [1.29, 1.82) is 5.41 Å². The number of benzene rings is 3. The summed E-state index contributed by atoms with van der Waals surface area (Å²) in [6.07, 6.45) is 7.31. The molecule has 3 atom stereocenters. The number of hydrogen-bond acceptors (Lipinski definition) is 7.